The molecule has 1 atom stereocenters. The average Bonchev–Trinajstić information content (AvgIpc) is 2.78. The molecule has 2 aromatic rings. The van der Waals surface area contributed by atoms with Crippen molar-refractivity contribution in [1.29, 1.82) is 0 Å². The Morgan fingerprint density at radius 2 is 1.57 bits per heavy atom. The number of aryl methyl sites for hydroxylation is 2. The van der Waals surface area contributed by atoms with Crippen LogP contribution in [0.5, 0.6) is 0 Å². The summed E-state index contributed by atoms with van der Waals surface area (Å²) in [6, 6.07) is 18.4. The molecule has 1 heterocycles. The molecule has 2 fully saturated rings. The van der Waals surface area contributed by atoms with Crippen LogP contribution in [0.2, 0.25) is 0 Å². The molecule has 1 saturated heterocycles. The van der Waals surface area contributed by atoms with Crippen molar-refractivity contribution < 1.29 is 4.79 Å². The van der Waals surface area contributed by atoms with Gasteiger partial charge in [-0.25, -0.2) is 4.79 Å². The van der Waals surface area contributed by atoms with Gasteiger partial charge in [-0.1, -0.05) is 73.4 Å². The maximum atomic E-state index is 12.8. The van der Waals surface area contributed by atoms with Crippen LogP contribution in [-0.2, 0) is 0 Å². The Kier molecular flexibility index (Phi) is 6.73. The maximum absolute atomic E-state index is 12.8. The largest absolute Gasteiger partial charge is 0.335 e. The lowest BCUT2D eigenvalue weighted by molar-refractivity contribution is 0.117. The second-order valence-corrected chi connectivity index (χ2v) is 8.98. The van der Waals surface area contributed by atoms with E-state index in [1.807, 2.05) is 4.90 Å². The van der Waals surface area contributed by atoms with Gasteiger partial charge in [0.1, 0.15) is 0 Å². The molecule has 4 heteroatoms. The van der Waals surface area contributed by atoms with Gasteiger partial charge in [-0.15, -0.1) is 0 Å². The van der Waals surface area contributed by atoms with E-state index in [2.05, 4.69) is 72.6 Å². The molecule has 160 valence electrons. The molecular weight excluding hydrogens is 370 g/mol. The number of hydrogen-bond donors (Lipinski definition) is 1. The first-order valence-electron chi connectivity index (χ1n) is 11.5. The molecule has 2 aliphatic rings. The quantitative estimate of drug-likeness (QED) is 0.772. The van der Waals surface area contributed by atoms with Crippen LogP contribution in [0.3, 0.4) is 0 Å². The molecule has 1 saturated carbocycles. The van der Waals surface area contributed by atoms with Crippen molar-refractivity contribution in [2.24, 2.45) is 0 Å². The predicted molar refractivity (Wildman–Crippen MR) is 123 cm³/mol. The topological polar surface area (TPSA) is 35.6 Å². The van der Waals surface area contributed by atoms with E-state index in [0.29, 0.717) is 6.04 Å². The molecule has 1 aliphatic heterocycles. The number of carbonyl (C=O) groups excluding carboxylic acids is 1. The van der Waals surface area contributed by atoms with Gasteiger partial charge in [-0.3, -0.25) is 4.90 Å². The zero-order chi connectivity index (χ0) is 20.9. The molecule has 4 rings (SSSR count). The van der Waals surface area contributed by atoms with Gasteiger partial charge >= 0.3 is 6.03 Å². The van der Waals surface area contributed by atoms with Crippen LogP contribution >= 0.6 is 0 Å². The Morgan fingerprint density at radius 1 is 0.900 bits per heavy atom. The van der Waals surface area contributed by atoms with Crippen LogP contribution in [0.15, 0.2) is 48.5 Å². The first kappa shape index (κ1) is 20.9. The van der Waals surface area contributed by atoms with Crippen LogP contribution in [0.25, 0.3) is 0 Å². The van der Waals surface area contributed by atoms with Crippen molar-refractivity contribution in [3.63, 3.8) is 0 Å². The van der Waals surface area contributed by atoms with Crippen molar-refractivity contribution in [2.75, 3.05) is 26.2 Å². The minimum absolute atomic E-state index is 0.129. The second-order valence-electron chi connectivity index (χ2n) is 8.98. The zero-order valence-electron chi connectivity index (χ0n) is 18.4. The van der Waals surface area contributed by atoms with Gasteiger partial charge in [-0.05, 0) is 43.4 Å². The third-order valence-corrected chi connectivity index (χ3v) is 6.78. The van der Waals surface area contributed by atoms with Crippen molar-refractivity contribution in [3.8, 4) is 0 Å². The monoisotopic (exact) mass is 405 g/mol. The van der Waals surface area contributed by atoms with E-state index < -0.39 is 0 Å². The first-order chi connectivity index (χ1) is 14.6. The first-order valence-corrected chi connectivity index (χ1v) is 11.5. The summed E-state index contributed by atoms with van der Waals surface area (Å²) >= 11 is 0. The zero-order valence-corrected chi connectivity index (χ0v) is 18.4. The molecule has 2 amide bonds. The van der Waals surface area contributed by atoms with E-state index >= 15 is 0 Å². The fraction of sp³-hybridized carbons (Fsp3) is 0.500. The highest BCUT2D eigenvalue weighted by molar-refractivity contribution is 5.74. The molecule has 0 aromatic heterocycles. The Morgan fingerprint density at radius 3 is 2.23 bits per heavy atom. The van der Waals surface area contributed by atoms with E-state index in [4.69, 9.17) is 0 Å². The summed E-state index contributed by atoms with van der Waals surface area (Å²) in [5.41, 5.74) is 5.29. The van der Waals surface area contributed by atoms with E-state index in [-0.39, 0.29) is 12.1 Å². The Bertz CT molecular complexity index is 834. The Balaban J connectivity index is 1.46. The SMILES string of the molecule is Cc1ccc(C(c2ccccc2C)N2CCN(C(=O)NC3CCCCC3)CC2)cc1. The lowest BCUT2D eigenvalue weighted by Gasteiger charge is -2.40. The number of benzene rings is 2. The summed E-state index contributed by atoms with van der Waals surface area (Å²) in [6.07, 6.45) is 6.06. The third-order valence-electron chi connectivity index (χ3n) is 6.78. The summed E-state index contributed by atoms with van der Waals surface area (Å²) < 4.78 is 0. The van der Waals surface area contributed by atoms with E-state index in [9.17, 15) is 4.79 Å². The summed E-state index contributed by atoms with van der Waals surface area (Å²) in [6.45, 7) is 7.69. The number of hydrogen-bond acceptors (Lipinski definition) is 2. The molecule has 2 aromatic carbocycles. The highest BCUT2D eigenvalue weighted by atomic mass is 16.2. The number of nitrogens with zero attached hydrogens (tertiary/aromatic N) is 2. The normalized spacial score (nSPS) is 19.5. The summed E-state index contributed by atoms with van der Waals surface area (Å²) in [5.74, 6) is 0. The molecule has 30 heavy (non-hydrogen) atoms. The molecular formula is C26H35N3O. The number of nitrogens with one attached hydrogen (secondary N) is 1. The van der Waals surface area contributed by atoms with Gasteiger partial charge in [0.25, 0.3) is 0 Å². The van der Waals surface area contributed by atoms with Crippen molar-refractivity contribution in [3.05, 3.63) is 70.8 Å². The number of piperazine rings is 1. The maximum Gasteiger partial charge on any atom is 0.317 e. The van der Waals surface area contributed by atoms with Crippen molar-refractivity contribution in [2.45, 2.75) is 58.0 Å². The van der Waals surface area contributed by atoms with Crippen LogP contribution < -0.4 is 5.32 Å². The van der Waals surface area contributed by atoms with Crippen LogP contribution in [0.4, 0.5) is 4.79 Å². The standard InChI is InChI=1S/C26H35N3O/c1-20-12-14-22(15-13-20)25(24-11-7-6-8-21(24)2)28-16-18-29(19-17-28)26(30)27-23-9-4-3-5-10-23/h6-8,11-15,23,25H,3-5,9-10,16-19H2,1-2H3,(H,27,30). The lowest BCUT2D eigenvalue weighted by Crippen LogP contribution is -2.54. The van der Waals surface area contributed by atoms with E-state index in [1.54, 1.807) is 0 Å². The second kappa shape index (κ2) is 9.65. The molecule has 4 nitrogen and oxygen atoms in total. The van der Waals surface area contributed by atoms with Crippen LogP contribution in [-0.4, -0.2) is 48.1 Å². The lowest BCUT2D eigenvalue weighted by atomic mass is 9.92. The molecule has 1 aliphatic carbocycles. The Labute approximate surface area is 181 Å². The van der Waals surface area contributed by atoms with Gasteiger partial charge < -0.3 is 10.2 Å². The van der Waals surface area contributed by atoms with Crippen molar-refractivity contribution in [1.82, 2.24) is 15.1 Å². The summed E-state index contributed by atoms with van der Waals surface area (Å²) in [7, 11) is 0. The highest BCUT2D eigenvalue weighted by Gasteiger charge is 2.29. The number of amides is 2. The number of rotatable bonds is 4. The minimum Gasteiger partial charge on any atom is -0.335 e. The number of carbonyl (C=O) groups is 1. The van der Waals surface area contributed by atoms with Gasteiger partial charge in [0.05, 0.1) is 6.04 Å². The summed E-state index contributed by atoms with van der Waals surface area (Å²) in [4.78, 5) is 17.3. The average molecular weight is 406 g/mol. The minimum atomic E-state index is 0.129. The molecule has 1 N–H and O–H groups in total. The van der Waals surface area contributed by atoms with E-state index in [1.165, 1.54) is 41.5 Å². The van der Waals surface area contributed by atoms with Crippen LogP contribution in [0.1, 0.15) is 60.4 Å². The third kappa shape index (κ3) is 4.86. The van der Waals surface area contributed by atoms with Gasteiger partial charge in [0.15, 0.2) is 0 Å². The molecule has 0 radical (unpaired) electrons. The molecule has 0 spiro atoms. The van der Waals surface area contributed by atoms with Gasteiger partial charge in [0, 0.05) is 32.2 Å². The highest BCUT2D eigenvalue weighted by Crippen LogP contribution is 2.32. The van der Waals surface area contributed by atoms with Gasteiger partial charge in [0.2, 0.25) is 0 Å². The number of urea groups is 1. The predicted octanol–water partition coefficient (Wildman–Crippen LogP) is 5.05. The Hall–Kier alpha value is -2.33. The van der Waals surface area contributed by atoms with E-state index in [0.717, 1.165) is 39.0 Å². The fourth-order valence-corrected chi connectivity index (χ4v) is 4.93. The van der Waals surface area contributed by atoms with Gasteiger partial charge in [-0.2, -0.15) is 0 Å². The summed E-state index contributed by atoms with van der Waals surface area (Å²) in [5, 5.41) is 3.28. The smallest absolute Gasteiger partial charge is 0.317 e. The molecule has 0 bridgehead atoms. The fourth-order valence-electron chi connectivity index (χ4n) is 4.93. The van der Waals surface area contributed by atoms with Crippen molar-refractivity contribution >= 4 is 6.03 Å². The molecule has 1 unspecified atom stereocenters. The van der Waals surface area contributed by atoms with Crippen LogP contribution in [0, 0.1) is 13.8 Å².